The second-order valence-corrected chi connectivity index (χ2v) is 5.98. The molecule has 0 aliphatic carbocycles. The van der Waals surface area contributed by atoms with Crippen LogP contribution in [0.1, 0.15) is 42.1 Å². The first-order chi connectivity index (χ1) is 10.1. The number of fused-ring (bicyclic) bond motifs is 1. The molecular formula is C16H21N3O2. The number of benzene rings is 1. The van der Waals surface area contributed by atoms with Gasteiger partial charge in [-0.15, -0.1) is 0 Å². The first-order valence-electron chi connectivity index (χ1n) is 7.55. The van der Waals surface area contributed by atoms with E-state index in [1.807, 2.05) is 17.0 Å². The lowest BCUT2D eigenvalue weighted by molar-refractivity contribution is -0.115. The molecule has 1 saturated heterocycles. The molecule has 112 valence electrons. The van der Waals surface area contributed by atoms with Crippen molar-refractivity contribution in [3.8, 4) is 0 Å². The molecule has 1 aromatic carbocycles. The van der Waals surface area contributed by atoms with Crippen LogP contribution in [0.25, 0.3) is 0 Å². The molecule has 21 heavy (non-hydrogen) atoms. The Morgan fingerprint density at radius 3 is 3.00 bits per heavy atom. The van der Waals surface area contributed by atoms with Crippen molar-refractivity contribution >= 4 is 17.5 Å². The number of nitrogens with two attached hydrogens (primary N) is 1. The van der Waals surface area contributed by atoms with Crippen molar-refractivity contribution in [2.24, 2.45) is 5.73 Å². The number of carbonyl (C=O) groups is 2. The molecule has 0 aromatic heterocycles. The lowest BCUT2D eigenvalue weighted by atomic mass is 9.95. The Kier molecular flexibility index (Phi) is 3.68. The first-order valence-corrected chi connectivity index (χ1v) is 7.55. The predicted molar refractivity (Wildman–Crippen MR) is 81.1 cm³/mol. The van der Waals surface area contributed by atoms with Crippen LogP contribution in [0.2, 0.25) is 0 Å². The minimum absolute atomic E-state index is 0.0132. The number of amides is 2. The van der Waals surface area contributed by atoms with Gasteiger partial charge in [0.15, 0.2) is 0 Å². The molecule has 5 nitrogen and oxygen atoms in total. The van der Waals surface area contributed by atoms with Gasteiger partial charge in [0.2, 0.25) is 5.91 Å². The van der Waals surface area contributed by atoms with E-state index in [4.69, 9.17) is 5.73 Å². The summed E-state index contributed by atoms with van der Waals surface area (Å²) in [5.74, 6) is 0.00220. The zero-order valence-electron chi connectivity index (χ0n) is 12.3. The van der Waals surface area contributed by atoms with Crippen molar-refractivity contribution in [3.63, 3.8) is 0 Å². The summed E-state index contributed by atoms with van der Waals surface area (Å²) in [4.78, 5) is 26.1. The Hall–Kier alpha value is -1.88. The van der Waals surface area contributed by atoms with Gasteiger partial charge in [0, 0.05) is 29.9 Å². The highest BCUT2D eigenvalue weighted by molar-refractivity contribution is 6.02. The second-order valence-electron chi connectivity index (χ2n) is 5.98. The van der Waals surface area contributed by atoms with Gasteiger partial charge in [-0.1, -0.05) is 6.07 Å². The maximum Gasteiger partial charge on any atom is 0.254 e. The fourth-order valence-electron chi connectivity index (χ4n) is 3.38. The van der Waals surface area contributed by atoms with Crippen molar-refractivity contribution in [2.75, 3.05) is 11.9 Å². The molecule has 2 amide bonds. The topological polar surface area (TPSA) is 75.4 Å². The number of anilines is 1. The lowest BCUT2D eigenvalue weighted by Crippen LogP contribution is -2.51. The van der Waals surface area contributed by atoms with E-state index in [-0.39, 0.29) is 23.9 Å². The molecule has 0 spiro atoms. The lowest BCUT2D eigenvalue weighted by Gasteiger charge is -2.40. The van der Waals surface area contributed by atoms with Gasteiger partial charge in [0.1, 0.15) is 0 Å². The smallest absolute Gasteiger partial charge is 0.254 e. The Morgan fingerprint density at radius 1 is 1.43 bits per heavy atom. The third-order valence-electron chi connectivity index (χ3n) is 4.52. The van der Waals surface area contributed by atoms with Crippen LogP contribution in [0.4, 0.5) is 5.69 Å². The van der Waals surface area contributed by atoms with E-state index < -0.39 is 0 Å². The van der Waals surface area contributed by atoms with Crippen LogP contribution in [-0.4, -0.2) is 35.3 Å². The van der Waals surface area contributed by atoms with Gasteiger partial charge in [0.25, 0.3) is 5.91 Å². The summed E-state index contributed by atoms with van der Waals surface area (Å²) in [6.07, 6.45) is 3.50. The first kappa shape index (κ1) is 14.1. The third kappa shape index (κ3) is 2.53. The van der Waals surface area contributed by atoms with Gasteiger partial charge >= 0.3 is 0 Å². The van der Waals surface area contributed by atoms with Crippen LogP contribution in [0.15, 0.2) is 18.2 Å². The molecular weight excluding hydrogens is 266 g/mol. The number of rotatable bonds is 2. The summed E-state index contributed by atoms with van der Waals surface area (Å²) >= 11 is 0. The highest BCUT2D eigenvalue weighted by Gasteiger charge is 2.32. The van der Waals surface area contributed by atoms with Gasteiger partial charge in [-0.25, -0.2) is 0 Å². The van der Waals surface area contributed by atoms with Crippen molar-refractivity contribution < 1.29 is 9.59 Å². The normalized spacial score (nSPS) is 24.7. The summed E-state index contributed by atoms with van der Waals surface area (Å²) in [6, 6.07) is 5.80. The summed E-state index contributed by atoms with van der Waals surface area (Å²) in [7, 11) is 0. The van der Waals surface area contributed by atoms with E-state index in [0.29, 0.717) is 18.5 Å². The Labute approximate surface area is 124 Å². The van der Waals surface area contributed by atoms with Crippen LogP contribution >= 0.6 is 0 Å². The Bertz CT molecular complexity index is 585. The molecule has 3 rings (SSSR count). The molecule has 0 bridgehead atoms. The van der Waals surface area contributed by atoms with E-state index in [1.165, 1.54) is 0 Å². The van der Waals surface area contributed by atoms with Crippen LogP contribution in [0.3, 0.4) is 0 Å². The fraction of sp³-hybridized carbons (Fsp3) is 0.500. The number of nitrogens with one attached hydrogen (secondary N) is 1. The van der Waals surface area contributed by atoms with Crippen molar-refractivity contribution in [3.05, 3.63) is 29.3 Å². The Balaban J connectivity index is 1.87. The minimum Gasteiger partial charge on any atom is -0.332 e. The maximum absolute atomic E-state index is 12.8. The van der Waals surface area contributed by atoms with E-state index >= 15 is 0 Å². The van der Waals surface area contributed by atoms with Crippen molar-refractivity contribution in [1.82, 2.24) is 4.90 Å². The second kappa shape index (κ2) is 5.48. The monoisotopic (exact) mass is 287 g/mol. The molecule has 2 unspecified atom stereocenters. The summed E-state index contributed by atoms with van der Waals surface area (Å²) < 4.78 is 0. The van der Waals surface area contributed by atoms with Gasteiger partial charge < -0.3 is 16.0 Å². The summed E-state index contributed by atoms with van der Waals surface area (Å²) in [5, 5.41) is 2.80. The highest BCUT2D eigenvalue weighted by Crippen LogP contribution is 2.28. The van der Waals surface area contributed by atoms with Gasteiger partial charge in [0.05, 0.1) is 6.42 Å². The predicted octanol–water partition coefficient (Wildman–Crippen LogP) is 1.52. The summed E-state index contributed by atoms with van der Waals surface area (Å²) in [6.45, 7) is 2.58. The molecule has 2 atom stereocenters. The number of likely N-dealkylation sites (tertiary alicyclic amines) is 1. The number of hydrogen-bond donors (Lipinski definition) is 2. The molecule has 2 aliphatic heterocycles. The van der Waals surface area contributed by atoms with E-state index in [0.717, 1.165) is 30.5 Å². The highest BCUT2D eigenvalue weighted by atomic mass is 16.2. The molecule has 2 heterocycles. The third-order valence-corrected chi connectivity index (χ3v) is 4.52. The van der Waals surface area contributed by atoms with Gasteiger partial charge in [-0.05, 0) is 43.9 Å². The number of piperidine rings is 1. The minimum atomic E-state index is -0.0132. The maximum atomic E-state index is 12.8. The molecule has 3 N–H and O–H groups in total. The average Bonchev–Trinajstić information content (AvgIpc) is 2.85. The van der Waals surface area contributed by atoms with Crippen LogP contribution < -0.4 is 11.1 Å². The standard InChI is InChI=1S/C16H21N3O2/c1-10-3-2-4-13(9-17)19(10)16(21)12-6-5-11-8-15(20)18-14(11)7-12/h5-7,10,13H,2-4,8-9,17H2,1H3,(H,18,20). The van der Waals surface area contributed by atoms with Gasteiger partial charge in [-0.3, -0.25) is 9.59 Å². The van der Waals surface area contributed by atoms with E-state index in [9.17, 15) is 9.59 Å². The SMILES string of the molecule is CC1CCCC(CN)N1C(=O)c1ccc2c(c1)NC(=O)C2. The average molecular weight is 287 g/mol. The number of carbonyl (C=O) groups excluding carboxylic acids is 2. The van der Waals surface area contributed by atoms with Crippen LogP contribution in [0, 0.1) is 0 Å². The summed E-state index contributed by atoms with van der Waals surface area (Å²) in [5.41, 5.74) is 8.18. The van der Waals surface area contributed by atoms with Crippen molar-refractivity contribution in [1.29, 1.82) is 0 Å². The molecule has 5 heteroatoms. The van der Waals surface area contributed by atoms with Crippen molar-refractivity contribution in [2.45, 2.75) is 44.7 Å². The quantitative estimate of drug-likeness (QED) is 0.866. The molecule has 2 aliphatic rings. The number of hydrogen-bond acceptors (Lipinski definition) is 3. The Morgan fingerprint density at radius 2 is 2.24 bits per heavy atom. The zero-order valence-corrected chi connectivity index (χ0v) is 12.3. The van der Waals surface area contributed by atoms with E-state index in [1.54, 1.807) is 6.07 Å². The van der Waals surface area contributed by atoms with Crippen LogP contribution in [0.5, 0.6) is 0 Å². The van der Waals surface area contributed by atoms with Crippen LogP contribution in [-0.2, 0) is 11.2 Å². The number of nitrogens with zero attached hydrogens (tertiary/aromatic N) is 1. The fourth-order valence-corrected chi connectivity index (χ4v) is 3.38. The largest absolute Gasteiger partial charge is 0.332 e. The molecule has 1 aromatic rings. The molecule has 0 saturated carbocycles. The van der Waals surface area contributed by atoms with E-state index in [2.05, 4.69) is 12.2 Å². The molecule has 0 radical (unpaired) electrons. The van der Waals surface area contributed by atoms with Gasteiger partial charge in [-0.2, -0.15) is 0 Å². The molecule has 1 fully saturated rings. The zero-order chi connectivity index (χ0) is 15.0.